The molecular weight excluding hydrogens is 509 g/mol. The van der Waals surface area contributed by atoms with Gasteiger partial charge in [-0.05, 0) is 29.8 Å². The molecule has 0 radical (unpaired) electrons. The number of nitrogens with zero attached hydrogens (tertiary/aromatic N) is 5. The second-order valence-electron chi connectivity index (χ2n) is 7.50. The predicted molar refractivity (Wildman–Crippen MR) is 132 cm³/mol. The molecule has 5 rings (SSSR count). The summed E-state index contributed by atoms with van der Waals surface area (Å²) in [5.74, 6) is -2.40. The Morgan fingerprint density at radius 1 is 1.03 bits per heavy atom. The van der Waals surface area contributed by atoms with E-state index in [1.165, 1.54) is 12.4 Å². The lowest BCUT2D eigenvalue weighted by molar-refractivity contribution is 0.480. The molecule has 0 aliphatic rings. The van der Waals surface area contributed by atoms with Gasteiger partial charge in [0, 0.05) is 28.4 Å². The number of rotatable bonds is 6. The van der Waals surface area contributed by atoms with Gasteiger partial charge in [0.25, 0.3) is 0 Å². The second kappa shape index (κ2) is 9.73. The molecule has 12 heteroatoms. The fraction of sp³-hybridized carbons (Fsp3) is 0.0417. The maximum atomic E-state index is 13.8. The monoisotopic (exact) mass is 523 g/mol. The molecular formula is C24H14Cl2F2N8. The zero-order valence-corrected chi connectivity index (χ0v) is 19.5. The lowest BCUT2D eigenvalue weighted by Crippen LogP contribution is -2.13. The van der Waals surface area contributed by atoms with E-state index in [2.05, 4.69) is 36.0 Å². The Kier molecular flexibility index (Phi) is 5.99. The van der Waals surface area contributed by atoms with Gasteiger partial charge < -0.3 is 10.6 Å². The number of halogens is 4. The molecule has 0 aliphatic heterocycles. The number of pyridine rings is 2. The SMILES string of the molecule is [2H]C(Nc1cc(Cl)c2ncc(C#N)c(Nc3cnc(F)c(F)c3)c2c1)(c1ccc(Cl)cc1)c1cn[nH]n1. The normalized spacial score (nSPS) is 13.0. The molecule has 178 valence electrons. The summed E-state index contributed by atoms with van der Waals surface area (Å²) in [7, 11) is 0. The van der Waals surface area contributed by atoms with E-state index in [1.807, 2.05) is 6.07 Å². The minimum Gasteiger partial charge on any atom is -0.373 e. The van der Waals surface area contributed by atoms with Gasteiger partial charge in [0.15, 0.2) is 5.82 Å². The summed E-state index contributed by atoms with van der Waals surface area (Å²) in [6.07, 6.45) is 3.82. The highest BCUT2D eigenvalue weighted by Gasteiger charge is 2.19. The van der Waals surface area contributed by atoms with Crippen molar-refractivity contribution in [1.82, 2.24) is 25.4 Å². The summed E-state index contributed by atoms with van der Waals surface area (Å²) in [6.45, 7) is 0. The molecule has 0 bridgehead atoms. The van der Waals surface area contributed by atoms with Crippen LogP contribution in [0.2, 0.25) is 10.0 Å². The maximum Gasteiger partial charge on any atom is 0.249 e. The van der Waals surface area contributed by atoms with Crippen molar-refractivity contribution in [2.45, 2.75) is 6.02 Å². The number of anilines is 3. The highest BCUT2D eigenvalue weighted by molar-refractivity contribution is 6.36. The van der Waals surface area contributed by atoms with Gasteiger partial charge in [0.2, 0.25) is 5.95 Å². The molecule has 3 aromatic heterocycles. The van der Waals surface area contributed by atoms with Crippen molar-refractivity contribution in [2.24, 2.45) is 0 Å². The first-order valence-corrected chi connectivity index (χ1v) is 11.0. The van der Waals surface area contributed by atoms with E-state index in [4.69, 9.17) is 23.2 Å². The largest absolute Gasteiger partial charge is 0.373 e. The number of nitrogens with one attached hydrogen (secondary N) is 3. The van der Waals surface area contributed by atoms with Gasteiger partial charge in [-0.2, -0.15) is 25.1 Å². The molecule has 0 amide bonds. The second-order valence-corrected chi connectivity index (χ2v) is 8.34. The van der Waals surface area contributed by atoms with Gasteiger partial charge in [-0.1, -0.05) is 35.3 Å². The number of benzene rings is 2. The molecule has 8 nitrogen and oxygen atoms in total. The number of hydrogen-bond acceptors (Lipinski definition) is 7. The predicted octanol–water partition coefficient (Wildman–Crippen LogP) is 6.15. The molecule has 1 atom stereocenters. The van der Waals surface area contributed by atoms with Crippen molar-refractivity contribution in [1.29, 1.82) is 5.26 Å². The molecule has 2 aromatic carbocycles. The minimum atomic E-state index is -1.62. The molecule has 1 unspecified atom stereocenters. The fourth-order valence-electron chi connectivity index (χ4n) is 3.55. The first-order chi connectivity index (χ1) is 17.8. The zero-order chi connectivity index (χ0) is 26.2. The average molecular weight is 524 g/mol. The Balaban J connectivity index is 1.65. The van der Waals surface area contributed by atoms with Gasteiger partial charge in [0.05, 0.1) is 47.3 Å². The van der Waals surface area contributed by atoms with Crippen LogP contribution in [0.5, 0.6) is 0 Å². The Labute approximate surface area is 214 Å². The third-order valence-electron chi connectivity index (χ3n) is 5.18. The smallest absolute Gasteiger partial charge is 0.249 e. The highest BCUT2D eigenvalue weighted by atomic mass is 35.5. The van der Waals surface area contributed by atoms with Gasteiger partial charge in [0.1, 0.15) is 11.8 Å². The van der Waals surface area contributed by atoms with Crippen molar-refractivity contribution in [3.05, 3.63) is 99.7 Å². The van der Waals surface area contributed by atoms with E-state index in [0.29, 0.717) is 27.2 Å². The number of fused-ring (bicyclic) bond motifs is 1. The topological polar surface area (TPSA) is 115 Å². The van der Waals surface area contributed by atoms with Gasteiger partial charge >= 0.3 is 0 Å². The molecule has 3 N–H and O–H groups in total. The lowest BCUT2D eigenvalue weighted by atomic mass is 10.0. The summed E-state index contributed by atoms with van der Waals surface area (Å²) in [6, 6.07) is 11.2. The molecule has 0 spiro atoms. The molecule has 3 heterocycles. The number of hydrogen-bond donors (Lipinski definition) is 3. The Hall–Kier alpha value is -4.33. The van der Waals surface area contributed by atoms with Crippen LogP contribution in [0.3, 0.4) is 0 Å². The first kappa shape index (κ1) is 22.2. The van der Waals surface area contributed by atoms with E-state index in [-0.39, 0.29) is 27.7 Å². The van der Waals surface area contributed by atoms with Crippen molar-refractivity contribution in [3.8, 4) is 6.07 Å². The minimum absolute atomic E-state index is 0.107. The van der Waals surface area contributed by atoms with Gasteiger partial charge in [-0.3, -0.25) is 4.98 Å². The zero-order valence-electron chi connectivity index (χ0n) is 19.0. The summed E-state index contributed by atoms with van der Waals surface area (Å²) in [5, 5.41) is 27.3. The van der Waals surface area contributed by atoms with E-state index in [1.54, 1.807) is 36.4 Å². The van der Waals surface area contributed by atoms with Crippen LogP contribution in [0.15, 0.2) is 61.1 Å². The van der Waals surface area contributed by atoms with Gasteiger partial charge in [-0.15, -0.1) is 0 Å². The number of aromatic amines is 1. The molecule has 0 fully saturated rings. The number of nitriles is 1. The van der Waals surface area contributed by atoms with E-state index >= 15 is 0 Å². The number of aromatic nitrogens is 5. The van der Waals surface area contributed by atoms with Crippen molar-refractivity contribution in [3.63, 3.8) is 0 Å². The Morgan fingerprint density at radius 2 is 1.83 bits per heavy atom. The van der Waals surface area contributed by atoms with Crippen LogP contribution in [0, 0.1) is 23.1 Å². The molecule has 36 heavy (non-hydrogen) atoms. The van der Waals surface area contributed by atoms with E-state index < -0.39 is 17.8 Å². The molecule has 0 saturated carbocycles. The summed E-state index contributed by atoms with van der Waals surface area (Å²) >= 11 is 12.6. The van der Waals surface area contributed by atoms with E-state index in [0.717, 1.165) is 12.3 Å². The van der Waals surface area contributed by atoms with Crippen molar-refractivity contribution >= 4 is 51.2 Å². The first-order valence-electron chi connectivity index (χ1n) is 10.8. The maximum absolute atomic E-state index is 13.8. The lowest BCUT2D eigenvalue weighted by Gasteiger charge is -2.20. The standard InChI is InChI=1S/C24H14Cl2F2N8/c25-14-3-1-12(2-4-14)22(20-11-32-36-35-20)33-15-5-17-21(34-16-7-19(27)24(28)31-10-16)13(8-29)9-30-23(17)18(26)6-15/h1-7,9-11,22,33H,(H,30,34)(H,32,35,36)/i22D. The van der Waals surface area contributed by atoms with Crippen LogP contribution in [-0.4, -0.2) is 25.4 Å². The molecule has 0 saturated heterocycles. The van der Waals surface area contributed by atoms with Crippen molar-refractivity contribution < 1.29 is 10.2 Å². The number of H-pyrrole nitrogens is 1. The van der Waals surface area contributed by atoms with Crippen LogP contribution >= 0.6 is 23.2 Å². The quantitative estimate of drug-likeness (QED) is 0.228. The third kappa shape index (κ3) is 4.62. The van der Waals surface area contributed by atoms with E-state index in [9.17, 15) is 15.4 Å². The van der Waals surface area contributed by atoms with Crippen LogP contribution in [-0.2, 0) is 0 Å². The van der Waals surface area contributed by atoms with Crippen LogP contribution in [0.4, 0.5) is 25.8 Å². The van der Waals surface area contributed by atoms with Crippen LogP contribution in [0.25, 0.3) is 10.9 Å². The Morgan fingerprint density at radius 3 is 2.53 bits per heavy atom. The third-order valence-corrected chi connectivity index (χ3v) is 5.72. The average Bonchev–Trinajstić information content (AvgIpc) is 3.43. The summed E-state index contributed by atoms with van der Waals surface area (Å²) in [5.41, 5.74) is 1.97. The summed E-state index contributed by atoms with van der Waals surface area (Å²) in [4.78, 5) is 7.65. The highest BCUT2D eigenvalue weighted by Crippen LogP contribution is 2.36. The van der Waals surface area contributed by atoms with Crippen LogP contribution in [0.1, 0.15) is 24.2 Å². The van der Waals surface area contributed by atoms with Gasteiger partial charge in [-0.25, -0.2) is 9.37 Å². The van der Waals surface area contributed by atoms with Crippen LogP contribution < -0.4 is 10.6 Å². The van der Waals surface area contributed by atoms with Crippen molar-refractivity contribution in [2.75, 3.05) is 10.6 Å². The summed E-state index contributed by atoms with van der Waals surface area (Å²) < 4.78 is 36.4. The fourth-order valence-corrected chi connectivity index (χ4v) is 3.95. The molecule has 0 aliphatic carbocycles. The molecule has 5 aromatic rings. The Bertz CT molecular complexity index is 1660.